The van der Waals surface area contributed by atoms with Gasteiger partial charge in [-0.3, -0.25) is 14.1 Å². The van der Waals surface area contributed by atoms with Crippen LogP contribution in [0.1, 0.15) is 219 Å². The van der Waals surface area contributed by atoms with Crippen molar-refractivity contribution in [1.82, 2.24) is 0 Å². The number of unbranched alkanes of at least 4 members (excludes halogenated alkanes) is 28. The van der Waals surface area contributed by atoms with Gasteiger partial charge in [-0.25, -0.2) is 0 Å². The molecule has 0 radical (unpaired) electrons. The van der Waals surface area contributed by atoms with Crippen LogP contribution in [-0.2, 0) is 19.7 Å². The van der Waals surface area contributed by atoms with E-state index in [-0.39, 0.29) is 12.8 Å². The molecule has 0 saturated carbocycles. The summed E-state index contributed by atoms with van der Waals surface area (Å²) < 4.78 is 34.1. The fraction of sp³-hybridized carbons (Fsp3) is 0.947. The third kappa shape index (κ3) is 23.2. The van der Waals surface area contributed by atoms with Gasteiger partial charge in [0.2, 0.25) is 0 Å². The Hall–Kier alpha value is -1.15. The lowest BCUT2D eigenvalue weighted by Gasteiger charge is -2.33. The van der Waals surface area contributed by atoms with Crippen molar-refractivity contribution in [3.63, 3.8) is 0 Å². The molecule has 0 saturated heterocycles. The molecular formula is C38H74O7S. The predicted octanol–water partition coefficient (Wildman–Crippen LogP) is 11.9. The maximum atomic E-state index is 12.5. The fourth-order valence-electron chi connectivity index (χ4n) is 6.99. The van der Waals surface area contributed by atoms with Crippen molar-refractivity contribution in [1.29, 1.82) is 0 Å². The maximum Gasteiger partial charge on any atom is 0.325 e. The van der Waals surface area contributed by atoms with E-state index in [1.807, 2.05) is 0 Å². The lowest BCUT2D eigenvalue weighted by Crippen LogP contribution is -2.51. The third-order valence-corrected chi connectivity index (χ3v) is 11.2. The van der Waals surface area contributed by atoms with Crippen LogP contribution in [0.5, 0.6) is 0 Å². The smallest absolute Gasteiger partial charge is 0.325 e. The SMILES string of the molecule is CCCCCCCCCCCCCCCCCC(CCCCCCCCCCCCCCCCC)(C(=O)O)C(C(=O)O)S(=O)(=O)O. The molecule has 0 aliphatic carbocycles. The monoisotopic (exact) mass is 675 g/mol. The van der Waals surface area contributed by atoms with E-state index in [4.69, 9.17) is 0 Å². The van der Waals surface area contributed by atoms with Gasteiger partial charge in [-0.2, -0.15) is 8.42 Å². The van der Waals surface area contributed by atoms with Crippen molar-refractivity contribution in [2.24, 2.45) is 5.41 Å². The van der Waals surface area contributed by atoms with E-state index in [2.05, 4.69) is 13.8 Å². The van der Waals surface area contributed by atoms with Crippen LogP contribution in [0.3, 0.4) is 0 Å². The van der Waals surface area contributed by atoms with Gasteiger partial charge in [-0.15, -0.1) is 0 Å². The lowest BCUT2D eigenvalue weighted by molar-refractivity contribution is -0.156. The molecule has 0 fully saturated rings. The molecule has 0 spiro atoms. The normalized spacial score (nSPS) is 12.8. The number of carboxylic acid groups (broad SMARTS) is 2. The quantitative estimate of drug-likeness (QED) is 0.0445. The van der Waals surface area contributed by atoms with Crippen LogP contribution >= 0.6 is 0 Å². The number of hydrogen-bond donors (Lipinski definition) is 3. The van der Waals surface area contributed by atoms with Gasteiger partial charge in [0, 0.05) is 0 Å². The standard InChI is InChI=1S/C38H74O7S/c1-3-5-7-9-11-13-15-17-19-21-23-25-27-29-31-33-38(37(41)42,35(36(39)40)46(43,44)45)34-32-30-28-26-24-22-20-18-16-14-12-10-8-6-4-2/h35H,3-34H2,1-2H3,(H,39,40)(H,41,42)(H,43,44,45). The lowest BCUT2D eigenvalue weighted by atomic mass is 9.74. The van der Waals surface area contributed by atoms with Crippen LogP contribution in [0, 0.1) is 5.41 Å². The molecule has 0 heterocycles. The number of aliphatic carboxylic acids is 2. The zero-order chi connectivity index (χ0) is 34.4. The Morgan fingerprint density at radius 1 is 0.457 bits per heavy atom. The molecule has 274 valence electrons. The van der Waals surface area contributed by atoms with Crippen LogP contribution < -0.4 is 0 Å². The number of carbonyl (C=O) groups is 2. The minimum absolute atomic E-state index is 0.0596. The summed E-state index contributed by atoms with van der Waals surface area (Å²) in [5, 5.41) is 17.6. The summed E-state index contributed by atoms with van der Waals surface area (Å²) in [6, 6.07) is 0. The van der Waals surface area contributed by atoms with Gasteiger partial charge >= 0.3 is 11.9 Å². The molecule has 0 rings (SSSR count). The van der Waals surface area contributed by atoms with Gasteiger partial charge in [-0.1, -0.05) is 206 Å². The van der Waals surface area contributed by atoms with Crippen LogP contribution in [0.4, 0.5) is 0 Å². The topological polar surface area (TPSA) is 129 Å². The minimum Gasteiger partial charge on any atom is -0.481 e. The second kappa shape index (κ2) is 29.9. The van der Waals surface area contributed by atoms with Crippen molar-refractivity contribution in [3.8, 4) is 0 Å². The predicted molar refractivity (Wildman–Crippen MR) is 192 cm³/mol. The Balaban J connectivity index is 4.44. The molecular weight excluding hydrogens is 600 g/mol. The molecule has 0 amide bonds. The van der Waals surface area contributed by atoms with Crippen LogP contribution in [0.25, 0.3) is 0 Å². The zero-order valence-corrected chi connectivity index (χ0v) is 30.9. The molecule has 0 aromatic heterocycles. The summed E-state index contributed by atoms with van der Waals surface area (Å²) in [5.74, 6) is -3.22. The van der Waals surface area contributed by atoms with Crippen LogP contribution in [-0.4, -0.2) is 40.4 Å². The average Bonchev–Trinajstić information content (AvgIpc) is 2.99. The van der Waals surface area contributed by atoms with Gasteiger partial charge < -0.3 is 10.2 Å². The van der Waals surface area contributed by atoms with Crippen LogP contribution in [0.2, 0.25) is 0 Å². The van der Waals surface area contributed by atoms with E-state index < -0.39 is 32.7 Å². The fourth-order valence-corrected chi connectivity index (χ4v) is 8.15. The molecule has 0 aliphatic heterocycles. The molecule has 8 heteroatoms. The molecule has 0 bridgehead atoms. The Labute approximate surface area is 284 Å². The first-order chi connectivity index (χ1) is 22.1. The van der Waals surface area contributed by atoms with Crippen molar-refractivity contribution in [2.75, 3.05) is 0 Å². The van der Waals surface area contributed by atoms with Gasteiger partial charge in [0.25, 0.3) is 10.1 Å². The molecule has 7 nitrogen and oxygen atoms in total. The van der Waals surface area contributed by atoms with E-state index in [9.17, 15) is 32.8 Å². The van der Waals surface area contributed by atoms with Gasteiger partial charge in [0.05, 0.1) is 5.41 Å². The summed E-state index contributed by atoms with van der Waals surface area (Å²) in [6.07, 6.45) is 34.4. The maximum absolute atomic E-state index is 12.5. The molecule has 1 atom stereocenters. The van der Waals surface area contributed by atoms with Crippen molar-refractivity contribution in [2.45, 2.75) is 225 Å². The van der Waals surface area contributed by atoms with Crippen molar-refractivity contribution in [3.05, 3.63) is 0 Å². The second-order valence-corrected chi connectivity index (χ2v) is 15.6. The van der Waals surface area contributed by atoms with E-state index in [0.717, 1.165) is 51.4 Å². The van der Waals surface area contributed by atoms with E-state index in [0.29, 0.717) is 12.8 Å². The zero-order valence-electron chi connectivity index (χ0n) is 30.1. The second-order valence-electron chi connectivity index (χ2n) is 14.1. The first-order valence-corrected chi connectivity index (χ1v) is 21.1. The van der Waals surface area contributed by atoms with Crippen molar-refractivity contribution >= 4 is 22.1 Å². The Bertz CT molecular complexity index is 793. The van der Waals surface area contributed by atoms with E-state index in [1.54, 1.807) is 0 Å². The number of hydrogen-bond acceptors (Lipinski definition) is 4. The Morgan fingerprint density at radius 2 is 0.674 bits per heavy atom. The summed E-state index contributed by atoms with van der Waals surface area (Å²) in [4.78, 5) is 24.5. The minimum atomic E-state index is -5.09. The molecule has 46 heavy (non-hydrogen) atoms. The van der Waals surface area contributed by atoms with Crippen LogP contribution in [0.15, 0.2) is 0 Å². The number of carboxylic acids is 2. The first kappa shape index (κ1) is 44.9. The molecule has 3 N–H and O–H groups in total. The highest BCUT2D eigenvalue weighted by Gasteiger charge is 2.55. The summed E-state index contributed by atoms with van der Waals surface area (Å²) in [6.45, 7) is 4.48. The third-order valence-electron chi connectivity index (χ3n) is 9.90. The first-order valence-electron chi connectivity index (χ1n) is 19.6. The van der Waals surface area contributed by atoms with Gasteiger partial charge in [0.1, 0.15) is 0 Å². The molecule has 0 aromatic carbocycles. The highest BCUT2D eigenvalue weighted by atomic mass is 32.2. The highest BCUT2D eigenvalue weighted by Crippen LogP contribution is 2.39. The van der Waals surface area contributed by atoms with Gasteiger partial charge in [0.15, 0.2) is 5.25 Å². The summed E-state index contributed by atoms with van der Waals surface area (Å²) in [7, 11) is -5.09. The number of rotatable bonds is 36. The van der Waals surface area contributed by atoms with Gasteiger partial charge in [-0.05, 0) is 12.8 Å². The van der Waals surface area contributed by atoms with Crippen molar-refractivity contribution < 1.29 is 32.8 Å². The summed E-state index contributed by atoms with van der Waals surface area (Å²) >= 11 is 0. The van der Waals surface area contributed by atoms with E-state index >= 15 is 0 Å². The van der Waals surface area contributed by atoms with E-state index in [1.165, 1.54) is 128 Å². The largest absolute Gasteiger partial charge is 0.481 e. The Kier molecular flexibility index (Phi) is 29.2. The summed E-state index contributed by atoms with van der Waals surface area (Å²) in [5.41, 5.74) is -2.02. The Morgan fingerprint density at radius 3 is 0.848 bits per heavy atom. The highest BCUT2D eigenvalue weighted by molar-refractivity contribution is 7.87. The molecule has 1 unspecified atom stereocenters. The molecule has 0 aromatic rings. The molecule has 0 aliphatic rings. The average molecular weight is 675 g/mol.